The molecule has 3 amide bonds. The Balaban J connectivity index is 1.55. The number of anilines is 1. The van der Waals surface area contributed by atoms with Gasteiger partial charge in [0.25, 0.3) is 17.7 Å². The Bertz CT molecular complexity index is 1570. The average Bonchev–Trinajstić information content (AvgIpc) is 3.11. The highest BCUT2D eigenvalue weighted by Gasteiger charge is 2.36. The fraction of sp³-hybridized carbons (Fsp3) is 0.120. The highest BCUT2D eigenvalue weighted by Crippen LogP contribution is 2.36. The predicted molar refractivity (Wildman–Crippen MR) is 127 cm³/mol. The third-order valence-electron chi connectivity index (χ3n) is 5.85. The molecular formula is C25H17ClN2O7S. The lowest BCUT2D eigenvalue weighted by molar-refractivity contribution is -0.172. The summed E-state index contributed by atoms with van der Waals surface area (Å²) in [7, 11) is -4.26. The summed E-state index contributed by atoms with van der Waals surface area (Å²) in [6, 6.07) is 15.1. The van der Waals surface area contributed by atoms with E-state index in [1.165, 1.54) is 24.3 Å². The van der Waals surface area contributed by atoms with E-state index in [2.05, 4.69) is 5.32 Å². The van der Waals surface area contributed by atoms with E-state index in [0.717, 1.165) is 11.6 Å². The molecule has 2 heterocycles. The van der Waals surface area contributed by atoms with Crippen LogP contribution in [0.3, 0.4) is 0 Å². The molecule has 0 radical (unpaired) electrons. The van der Waals surface area contributed by atoms with Crippen molar-refractivity contribution in [1.29, 1.82) is 0 Å². The second kappa shape index (κ2) is 8.89. The number of hydrogen-bond acceptors (Lipinski definition) is 7. The first-order valence-corrected chi connectivity index (χ1v) is 12.7. The summed E-state index contributed by atoms with van der Waals surface area (Å²) in [5.74, 6) is -3.02. The number of fused-ring (bicyclic) bond motifs is 2. The smallest absolute Gasteiger partial charge is 0.325 e. The Morgan fingerprint density at radius 2 is 1.67 bits per heavy atom. The van der Waals surface area contributed by atoms with Gasteiger partial charge in [-0.25, -0.2) is 13.2 Å². The third-order valence-corrected chi connectivity index (χ3v) is 7.92. The zero-order valence-corrected chi connectivity index (χ0v) is 20.1. The van der Waals surface area contributed by atoms with Crippen LogP contribution in [0.2, 0.25) is 5.02 Å². The van der Waals surface area contributed by atoms with Gasteiger partial charge in [-0.2, -0.15) is 0 Å². The van der Waals surface area contributed by atoms with Crippen LogP contribution in [0.15, 0.2) is 70.5 Å². The lowest BCUT2D eigenvalue weighted by Crippen LogP contribution is -2.32. The van der Waals surface area contributed by atoms with Gasteiger partial charge in [0.05, 0.1) is 26.6 Å². The predicted octanol–water partition coefficient (Wildman–Crippen LogP) is 3.55. The topological polar surface area (TPSA) is 127 Å². The Morgan fingerprint density at radius 3 is 2.39 bits per heavy atom. The van der Waals surface area contributed by atoms with E-state index in [1.54, 1.807) is 24.3 Å². The number of imide groups is 1. The molecule has 0 atom stereocenters. The van der Waals surface area contributed by atoms with Gasteiger partial charge in [-0.15, -0.1) is 5.06 Å². The molecular weight excluding hydrogens is 508 g/mol. The van der Waals surface area contributed by atoms with Gasteiger partial charge in [-0.3, -0.25) is 14.4 Å². The molecule has 11 heteroatoms. The van der Waals surface area contributed by atoms with E-state index in [0.29, 0.717) is 15.6 Å². The van der Waals surface area contributed by atoms with Crippen molar-refractivity contribution >= 4 is 50.8 Å². The maximum Gasteiger partial charge on any atom is 0.363 e. The molecule has 0 unspecified atom stereocenters. The van der Waals surface area contributed by atoms with Crippen LogP contribution in [0.4, 0.5) is 5.69 Å². The van der Waals surface area contributed by atoms with Crippen LogP contribution in [0, 0.1) is 0 Å². The van der Waals surface area contributed by atoms with Crippen molar-refractivity contribution in [2.45, 2.75) is 29.1 Å². The number of carbonyl (C=O) groups is 4. The van der Waals surface area contributed by atoms with Gasteiger partial charge in [0.15, 0.2) is 0 Å². The van der Waals surface area contributed by atoms with E-state index in [-0.39, 0.29) is 45.9 Å². The molecule has 36 heavy (non-hydrogen) atoms. The van der Waals surface area contributed by atoms with Crippen molar-refractivity contribution in [3.05, 3.63) is 87.9 Å². The molecule has 1 fully saturated rings. The zero-order valence-electron chi connectivity index (χ0n) is 18.5. The summed E-state index contributed by atoms with van der Waals surface area (Å²) < 4.78 is 27.3. The van der Waals surface area contributed by atoms with Crippen LogP contribution in [-0.4, -0.2) is 37.2 Å². The molecule has 0 bridgehead atoms. The van der Waals surface area contributed by atoms with E-state index in [1.807, 2.05) is 6.07 Å². The van der Waals surface area contributed by atoms with Crippen molar-refractivity contribution in [2.75, 3.05) is 5.32 Å². The van der Waals surface area contributed by atoms with Crippen LogP contribution in [0.5, 0.6) is 0 Å². The van der Waals surface area contributed by atoms with Crippen molar-refractivity contribution in [3.8, 4) is 0 Å². The molecule has 0 aliphatic carbocycles. The second-order valence-corrected chi connectivity index (χ2v) is 10.5. The second-order valence-electron chi connectivity index (χ2n) is 8.23. The fourth-order valence-electron chi connectivity index (χ4n) is 4.14. The summed E-state index contributed by atoms with van der Waals surface area (Å²) in [6.45, 7) is 0. The highest BCUT2D eigenvalue weighted by atomic mass is 35.5. The van der Waals surface area contributed by atoms with E-state index in [9.17, 15) is 27.6 Å². The minimum Gasteiger partial charge on any atom is -0.325 e. The number of rotatable bonds is 4. The van der Waals surface area contributed by atoms with Crippen LogP contribution < -0.4 is 5.32 Å². The SMILES string of the molecule is O=C(ON1C(=O)CCC1=O)c1ccc2c(c1)S(=O)(=O)c1cccc(Cc3cccc(Cl)c3)c1C(=O)N2. The number of sulfone groups is 1. The molecule has 5 rings (SSSR count). The molecule has 9 nitrogen and oxygen atoms in total. The molecule has 2 aliphatic rings. The summed E-state index contributed by atoms with van der Waals surface area (Å²) >= 11 is 6.07. The van der Waals surface area contributed by atoms with Crippen molar-refractivity contribution < 1.29 is 32.4 Å². The highest BCUT2D eigenvalue weighted by molar-refractivity contribution is 7.91. The number of hydroxylamine groups is 2. The Hall–Kier alpha value is -4.02. The van der Waals surface area contributed by atoms with E-state index in [4.69, 9.17) is 16.4 Å². The van der Waals surface area contributed by atoms with Gasteiger partial charge in [0, 0.05) is 17.9 Å². The minimum atomic E-state index is -4.26. The monoisotopic (exact) mass is 524 g/mol. The maximum absolute atomic E-state index is 13.7. The van der Waals surface area contributed by atoms with Crippen LogP contribution in [0.25, 0.3) is 0 Å². The first-order chi connectivity index (χ1) is 17.1. The van der Waals surface area contributed by atoms with Gasteiger partial charge in [0.1, 0.15) is 0 Å². The molecule has 2 aliphatic heterocycles. The van der Waals surface area contributed by atoms with Gasteiger partial charge in [-0.1, -0.05) is 35.9 Å². The Kier molecular flexibility index (Phi) is 5.85. The average molecular weight is 525 g/mol. The summed E-state index contributed by atoms with van der Waals surface area (Å²) in [5, 5.41) is 3.50. The normalized spacial score (nSPS) is 16.1. The van der Waals surface area contributed by atoms with E-state index >= 15 is 0 Å². The number of nitrogens with zero attached hydrogens (tertiary/aromatic N) is 1. The lowest BCUT2D eigenvalue weighted by Gasteiger charge is -2.14. The summed E-state index contributed by atoms with van der Waals surface area (Å²) in [6.07, 6.45) is 0.106. The maximum atomic E-state index is 13.7. The fourth-order valence-corrected chi connectivity index (χ4v) is 6.03. The third kappa shape index (κ3) is 4.14. The Labute approximate surface area is 210 Å². The summed E-state index contributed by atoms with van der Waals surface area (Å²) in [5.41, 5.74) is 1.03. The van der Waals surface area contributed by atoms with Crippen molar-refractivity contribution in [2.24, 2.45) is 0 Å². The quantitative estimate of drug-likeness (QED) is 0.517. The number of hydrogen-bond donors (Lipinski definition) is 1. The number of halogens is 1. The van der Waals surface area contributed by atoms with Crippen LogP contribution in [0.1, 0.15) is 44.7 Å². The molecule has 0 saturated carbocycles. The molecule has 182 valence electrons. The van der Waals surface area contributed by atoms with Crippen molar-refractivity contribution in [1.82, 2.24) is 5.06 Å². The minimum absolute atomic E-state index is 0.00828. The molecule has 0 aromatic heterocycles. The Morgan fingerprint density at radius 1 is 0.944 bits per heavy atom. The van der Waals surface area contributed by atoms with Gasteiger partial charge in [0.2, 0.25) is 9.84 Å². The number of amides is 3. The molecule has 3 aromatic rings. The molecule has 3 aromatic carbocycles. The van der Waals surface area contributed by atoms with Gasteiger partial charge < -0.3 is 10.2 Å². The summed E-state index contributed by atoms with van der Waals surface area (Å²) in [4.78, 5) is 53.7. The first kappa shape index (κ1) is 23.7. The molecule has 1 saturated heterocycles. The van der Waals surface area contributed by atoms with E-state index < -0.39 is 33.5 Å². The van der Waals surface area contributed by atoms with Gasteiger partial charge in [-0.05, 0) is 53.9 Å². The zero-order chi connectivity index (χ0) is 25.6. The first-order valence-electron chi connectivity index (χ1n) is 10.8. The standard InChI is InChI=1S/C25H17ClN2O7S/c26-17-5-1-3-14(12-17)11-15-4-2-6-19-23(15)24(31)27-18-8-7-16(13-20(18)36(19,33)34)25(32)35-28-21(29)9-10-22(28)30/h1-8,12-13H,9-11H2,(H,27,31). The largest absolute Gasteiger partial charge is 0.363 e. The van der Waals surface area contributed by atoms with Crippen LogP contribution >= 0.6 is 11.6 Å². The molecule has 1 N–H and O–H groups in total. The van der Waals surface area contributed by atoms with Crippen molar-refractivity contribution in [3.63, 3.8) is 0 Å². The van der Waals surface area contributed by atoms with Crippen LogP contribution in [-0.2, 0) is 30.7 Å². The lowest BCUT2D eigenvalue weighted by atomic mass is 9.99. The number of carbonyl (C=O) groups excluding carboxylic acids is 4. The number of benzene rings is 3. The van der Waals surface area contributed by atoms with Gasteiger partial charge >= 0.3 is 5.97 Å². The molecule has 0 spiro atoms. The number of nitrogens with one attached hydrogen (secondary N) is 1.